The number of aryl methyl sites for hydroxylation is 2. The highest BCUT2D eigenvalue weighted by molar-refractivity contribution is 6.31. The molecule has 126 valence electrons. The van der Waals surface area contributed by atoms with Gasteiger partial charge >= 0.3 is 0 Å². The lowest BCUT2D eigenvalue weighted by atomic mass is 9.87. The number of benzene rings is 2. The lowest BCUT2D eigenvalue weighted by Gasteiger charge is -2.32. The van der Waals surface area contributed by atoms with E-state index in [0.29, 0.717) is 17.6 Å². The minimum absolute atomic E-state index is 0.00841. The Morgan fingerprint density at radius 1 is 1.29 bits per heavy atom. The van der Waals surface area contributed by atoms with E-state index in [1.54, 1.807) is 6.07 Å². The molecule has 2 aromatic rings. The van der Waals surface area contributed by atoms with Crippen molar-refractivity contribution in [3.63, 3.8) is 0 Å². The van der Waals surface area contributed by atoms with Gasteiger partial charge in [0.2, 0.25) is 5.91 Å². The van der Waals surface area contributed by atoms with Gasteiger partial charge in [0.15, 0.2) is 0 Å². The van der Waals surface area contributed by atoms with Crippen LogP contribution in [0.2, 0.25) is 5.02 Å². The third-order valence-electron chi connectivity index (χ3n) is 4.74. The predicted molar refractivity (Wildman–Crippen MR) is 99.6 cm³/mol. The standard InChI is InChI=1S/C20H23ClN2O/c1-14-10-11-16(21)12-18(14)22-20(24)13-23(2)19-9-5-7-15-6-3-4-8-17(15)19/h3-4,6,8,10-12,19H,5,7,9,13H2,1-2H3,(H,22,24)/t19-/m1/s1. The molecule has 3 rings (SSSR count). The van der Waals surface area contributed by atoms with Crippen molar-refractivity contribution >= 4 is 23.2 Å². The largest absolute Gasteiger partial charge is 0.325 e. The number of halogens is 1. The molecule has 0 radical (unpaired) electrons. The molecule has 4 heteroatoms. The van der Waals surface area contributed by atoms with Crippen LogP contribution in [0.5, 0.6) is 0 Å². The molecule has 0 saturated carbocycles. The number of nitrogens with zero attached hydrogens (tertiary/aromatic N) is 1. The summed E-state index contributed by atoms with van der Waals surface area (Å²) in [5.74, 6) is -0.00841. The van der Waals surface area contributed by atoms with Crippen molar-refractivity contribution in [2.24, 2.45) is 0 Å². The van der Waals surface area contributed by atoms with Crippen LogP contribution >= 0.6 is 11.6 Å². The monoisotopic (exact) mass is 342 g/mol. The van der Waals surface area contributed by atoms with E-state index in [-0.39, 0.29) is 5.91 Å². The molecule has 24 heavy (non-hydrogen) atoms. The van der Waals surface area contributed by atoms with Crippen molar-refractivity contribution < 1.29 is 4.79 Å². The van der Waals surface area contributed by atoms with Crippen LogP contribution in [0.25, 0.3) is 0 Å². The first-order chi connectivity index (χ1) is 11.5. The maximum atomic E-state index is 12.4. The van der Waals surface area contributed by atoms with E-state index < -0.39 is 0 Å². The van der Waals surface area contributed by atoms with Crippen molar-refractivity contribution in [1.82, 2.24) is 4.90 Å². The van der Waals surface area contributed by atoms with E-state index in [2.05, 4.69) is 34.5 Å². The zero-order valence-electron chi connectivity index (χ0n) is 14.2. The van der Waals surface area contributed by atoms with Gasteiger partial charge in [-0.1, -0.05) is 41.9 Å². The van der Waals surface area contributed by atoms with Gasteiger partial charge in [0.25, 0.3) is 0 Å². The Hall–Kier alpha value is -1.84. The van der Waals surface area contributed by atoms with Crippen LogP contribution in [-0.4, -0.2) is 24.4 Å². The maximum Gasteiger partial charge on any atom is 0.238 e. The molecule has 1 aliphatic carbocycles. The summed E-state index contributed by atoms with van der Waals surface area (Å²) < 4.78 is 0. The molecule has 0 saturated heterocycles. The predicted octanol–water partition coefficient (Wildman–Crippen LogP) is 4.60. The number of anilines is 1. The van der Waals surface area contributed by atoms with Crippen molar-refractivity contribution in [3.05, 3.63) is 64.2 Å². The number of carbonyl (C=O) groups excluding carboxylic acids is 1. The number of amides is 1. The van der Waals surface area contributed by atoms with E-state index in [4.69, 9.17) is 11.6 Å². The Balaban J connectivity index is 1.68. The third kappa shape index (κ3) is 3.80. The first kappa shape index (κ1) is 17.0. The molecule has 0 unspecified atom stereocenters. The van der Waals surface area contributed by atoms with Gasteiger partial charge in [-0.15, -0.1) is 0 Å². The number of nitrogens with one attached hydrogen (secondary N) is 1. The molecule has 0 heterocycles. The van der Waals surface area contributed by atoms with Crippen LogP contribution in [0.4, 0.5) is 5.69 Å². The molecule has 0 bridgehead atoms. The minimum atomic E-state index is -0.00841. The first-order valence-corrected chi connectivity index (χ1v) is 8.76. The molecule has 3 nitrogen and oxygen atoms in total. The average molecular weight is 343 g/mol. The second kappa shape index (κ2) is 7.37. The summed E-state index contributed by atoms with van der Waals surface area (Å²) in [4.78, 5) is 14.6. The van der Waals surface area contributed by atoms with E-state index >= 15 is 0 Å². The topological polar surface area (TPSA) is 32.3 Å². The lowest BCUT2D eigenvalue weighted by Crippen LogP contribution is -2.35. The van der Waals surface area contributed by atoms with E-state index in [0.717, 1.165) is 24.1 Å². The fourth-order valence-electron chi connectivity index (χ4n) is 3.44. The summed E-state index contributed by atoms with van der Waals surface area (Å²) in [6, 6.07) is 14.4. The van der Waals surface area contributed by atoms with E-state index in [9.17, 15) is 4.79 Å². The van der Waals surface area contributed by atoms with Crippen LogP contribution in [0, 0.1) is 6.92 Å². The molecular formula is C20H23ClN2O. The highest BCUT2D eigenvalue weighted by atomic mass is 35.5. The number of rotatable bonds is 4. The van der Waals surface area contributed by atoms with Gasteiger partial charge in [0.05, 0.1) is 6.54 Å². The zero-order chi connectivity index (χ0) is 17.1. The Morgan fingerprint density at radius 2 is 2.08 bits per heavy atom. The highest BCUT2D eigenvalue weighted by Crippen LogP contribution is 2.33. The average Bonchev–Trinajstić information content (AvgIpc) is 2.57. The van der Waals surface area contributed by atoms with Crippen molar-refractivity contribution in [2.45, 2.75) is 32.2 Å². The molecular weight excluding hydrogens is 320 g/mol. The fraction of sp³-hybridized carbons (Fsp3) is 0.350. The second-order valence-electron chi connectivity index (χ2n) is 6.53. The summed E-state index contributed by atoms with van der Waals surface area (Å²) in [6.45, 7) is 2.33. The van der Waals surface area contributed by atoms with Crippen molar-refractivity contribution in [2.75, 3.05) is 18.9 Å². The van der Waals surface area contributed by atoms with Crippen LogP contribution in [0.3, 0.4) is 0 Å². The number of hydrogen-bond acceptors (Lipinski definition) is 2. The van der Waals surface area contributed by atoms with Crippen LogP contribution in [0.1, 0.15) is 35.6 Å². The summed E-state index contributed by atoms with van der Waals surface area (Å²) in [7, 11) is 2.02. The number of carbonyl (C=O) groups is 1. The quantitative estimate of drug-likeness (QED) is 0.880. The normalized spacial score (nSPS) is 16.8. The molecule has 0 fully saturated rings. The fourth-order valence-corrected chi connectivity index (χ4v) is 3.61. The van der Waals surface area contributed by atoms with Gasteiger partial charge < -0.3 is 5.32 Å². The molecule has 1 N–H and O–H groups in total. The summed E-state index contributed by atoms with van der Waals surface area (Å²) >= 11 is 6.02. The second-order valence-corrected chi connectivity index (χ2v) is 6.97. The summed E-state index contributed by atoms with van der Waals surface area (Å²) in [5, 5.41) is 3.61. The smallest absolute Gasteiger partial charge is 0.238 e. The van der Waals surface area contributed by atoms with Gasteiger partial charge in [-0.3, -0.25) is 9.69 Å². The number of likely N-dealkylation sites (N-methyl/N-ethyl adjacent to an activating group) is 1. The van der Waals surface area contributed by atoms with Crippen LogP contribution < -0.4 is 5.32 Å². The minimum Gasteiger partial charge on any atom is -0.325 e. The van der Waals surface area contributed by atoms with Crippen molar-refractivity contribution in [3.8, 4) is 0 Å². The van der Waals surface area contributed by atoms with Gasteiger partial charge in [-0.2, -0.15) is 0 Å². The van der Waals surface area contributed by atoms with Gasteiger partial charge in [-0.05, 0) is 62.1 Å². The lowest BCUT2D eigenvalue weighted by molar-refractivity contribution is -0.117. The molecule has 0 aromatic heterocycles. The zero-order valence-corrected chi connectivity index (χ0v) is 14.9. The summed E-state index contributed by atoms with van der Waals surface area (Å²) in [6.07, 6.45) is 3.40. The Kier molecular flexibility index (Phi) is 5.22. The molecule has 1 aliphatic rings. The van der Waals surface area contributed by atoms with E-state index in [1.807, 2.05) is 26.1 Å². The Labute approximate surface area is 148 Å². The first-order valence-electron chi connectivity index (χ1n) is 8.38. The molecule has 0 aliphatic heterocycles. The van der Waals surface area contributed by atoms with Gasteiger partial charge in [0, 0.05) is 16.8 Å². The summed E-state index contributed by atoms with van der Waals surface area (Å²) in [5.41, 5.74) is 4.56. The highest BCUT2D eigenvalue weighted by Gasteiger charge is 2.24. The Bertz CT molecular complexity index is 744. The van der Waals surface area contributed by atoms with Crippen LogP contribution in [-0.2, 0) is 11.2 Å². The number of hydrogen-bond donors (Lipinski definition) is 1. The molecule has 0 spiro atoms. The van der Waals surface area contributed by atoms with Crippen molar-refractivity contribution in [1.29, 1.82) is 0 Å². The maximum absolute atomic E-state index is 12.4. The molecule has 1 amide bonds. The van der Waals surface area contributed by atoms with Gasteiger partial charge in [-0.25, -0.2) is 0 Å². The SMILES string of the molecule is Cc1ccc(Cl)cc1NC(=O)CN(C)[C@@H]1CCCc2ccccc21. The number of fused-ring (bicyclic) bond motifs is 1. The molecule has 1 atom stereocenters. The molecule has 2 aromatic carbocycles. The van der Waals surface area contributed by atoms with E-state index in [1.165, 1.54) is 17.5 Å². The Morgan fingerprint density at radius 3 is 2.92 bits per heavy atom. The van der Waals surface area contributed by atoms with Gasteiger partial charge in [0.1, 0.15) is 0 Å². The van der Waals surface area contributed by atoms with Crippen LogP contribution in [0.15, 0.2) is 42.5 Å². The third-order valence-corrected chi connectivity index (χ3v) is 4.97.